The first-order chi connectivity index (χ1) is 7.53. The van der Waals surface area contributed by atoms with Crippen LogP contribution in [0.3, 0.4) is 0 Å². The summed E-state index contributed by atoms with van der Waals surface area (Å²) in [4.78, 5) is 2.50. The van der Waals surface area contributed by atoms with Crippen LogP contribution in [0.1, 0.15) is 40.5 Å². The van der Waals surface area contributed by atoms with Crippen molar-refractivity contribution in [1.82, 2.24) is 10.2 Å². The number of hydrogen-bond acceptors (Lipinski definition) is 3. The van der Waals surface area contributed by atoms with Gasteiger partial charge in [-0.15, -0.1) is 0 Å². The van der Waals surface area contributed by atoms with Crippen LogP contribution >= 0.6 is 0 Å². The van der Waals surface area contributed by atoms with Crippen molar-refractivity contribution in [3.63, 3.8) is 0 Å². The normalized spacial score (nSPS) is 23.2. The van der Waals surface area contributed by atoms with E-state index in [1.807, 2.05) is 0 Å². The first kappa shape index (κ1) is 13.9. The Morgan fingerprint density at radius 3 is 2.81 bits per heavy atom. The number of ether oxygens (including phenoxy) is 1. The zero-order valence-electron chi connectivity index (χ0n) is 11.4. The van der Waals surface area contributed by atoms with Crippen LogP contribution < -0.4 is 5.32 Å². The Kier molecular flexibility index (Phi) is 5.73. The molecule has 1 unspecified atom stereocenters. The number of morpholine rings is 1. The third-order valence-electron chi connectivity index (χ3n) is 3.15. The molecule has 0 amide bonds. The zero-order chi connectivity index (χ0) is 12.0. The maximum atomic E-state index is 5.70. The molecule has 1 aliphatic heterocycles. The van der Waals surface area contributed by atoms with Crippen LogP contribution in [0.25, 0.3) is 0 Å². The fourth-order valence-electron chi connectivity index (χ4n) is 2.31. The summed E-state index contributed by atoms with van der Waals surface area (Å²) in [6, 6.07) is 0.652. The van der Waals surface area contributed by atoms with E-state index in [4.69, 9.17) is 4.74 Å². The van der Waals surface area contributed by atoms with Gasteiger partial charge in [-0.05, 0) is 27.2 Å². The molecule has 3 nitrogen and oxygen atoms in total. The molecule has 3 heteroatoms. The van der Waals surface area contributed by atoms with Crippen molar-refractivity contribution in [2.24, 2.45) is 0 Å². The summed E-state index contributed by atoms with van der Waals surface area (Å²) in [5.74, 6) is 0. The Labute approximate surface area is 101 Å². The van der Waals surface area contributed by atoms with Crippen LogP contribution in [0.5, 0.6) is 0 Å². The first-order valence-corrected chi connectivity index (χ1v) is 6.63. The minimum absolute atomic E-state index is 0.0350. The fraction of sp³-hybridized carbons (Fsp3) is 1.00. The van der Waals surface area contributed by atoms with Crippen LogP contribution in [0, 0.1) is 0 Å². The number of nitrogens with zero attached hydrogens (tertiary/aromatic N) is 1. The van der Waals surface area contributed by atoms with Crippen molar-refractivity contribution >= 4 is 0 Å². The second kappa shape index (κ2) is 6.58. The monoisotopic (exact) mass is 228 g/mol. The summed E-state index contributed by atoms with van der Waals surface area (Å²) < 4.78 is 5.70. The minimum Gasteiger partial charge on any atom is -0.373 e. The molecule has 1 aliphatic rings. The molecular weight excluding hydrogens is 200 g/mol. The molecule has 1 saturated heterocycles. The summed E-state index contributed by atoms with van der Waals surface area (Å²) in [7, 11) is 0. The summed E-state index contributed by atoms with van der Waals surface area (Å²) in [5, 5.41) is 3.58. The van der Waals surface area contributed by atoms with E-state index in [0.29, 0.717) is 6.04 Å². The second-order valence-corrected chi connectivity index (χ2v) is 5.53. The van der Waals surface area contributed by atoms with E-state index in [1.54, 1.807) is 0 Å². The van der Waals surface area contributed by atoms with Crippen LogP contribution in [-0.2, 0) is 4.74 Å². The summed E-state index contributed by atoms with van der Waals surface area (Å²) in [6.45, 7) is 14.1. The fourth-order valence-corrected chi connectivity index (χ4v) is 2.31. The molecule has 0 aliphatic carbocycles. The highest BCUT2D eigenvalue weighted by molar-refractivity contribution is 4.79. The molecule has 96 valence electrons. The molecule has 0 spiro atoms. The predicted octanol–water partition coefficient (Wildman–Crippen LogP) is 1.88. The van der Waals surface area contributed by atoms with Gasteiger partial charge in [0.1, 0.15) is 0 Å². The molecule has 16 heavy (non-hydrogen) atoms. The first-order valence-electron chi connectivity index (χ1n) is 6.63. The van der Waals surface area contributed by atoms with Crippen molar-refractivity contribution in [3.8, 4) is 0 Å². The molecule has 0 bridgehead atoms. The molecule has 0 aromatic heterocycles. The minimum atomic E-state index is 0.0350. The third kappa shape index (κ3) is 5.28. The molecule has 1 N–H and O–H groups in total. The molecule has 0 radical (unpaired) electrons. The van der Waals surface area contributed by atoms with Crippen molar-refractivity contribution in [1.29, 1.82) is 0 Å². The SMILES string of the molecule is CCCC(C)NCCN1CCOC(C)(C)C1. The largest absolute Gasteiger partial charge is 0.373 e. The lowest BCUT2D eigenvalue weighted by atomic mass is 10.1. The zero-order valence-corrected chi connectivity index (χ0v) is 11.4. The van der Waals surface area contributed by atoms with Gasteiger partial charge in [0, 0.05) is 32.2 Å². The van der Waals surface area contributed by atoms with Crippen LogP contribution in [0.15, 0.2) is 0 Å². The molecule has 1 fully saturated rings. The topological polar surface area (TPSA) is 24.5 Å². The number of rotatable bonds is 6. The van der Waals surface area contributed by atoms with Gasteiger partial charge in [-0.2, -0.15) is 0 Å². The Hall–Kier alpha value is -0.120. The molecule has 0 saturated carbocycles. The van der Waals surface area contributed by atoms with E-state index < -0.39 is 0 Å². The van der Waals surface area contributed by atoms with Gasteiger partial charge >= 0.3 is 0 Å². The Bertz CT molecular complexity index is 194. The summed E-state index contributed by atoms with van der Waals surface area (Å²) >= 11 is 0. The average molecular weight is 228 g/mol. The smallest absolute Gasteiger partial charge is 0.0753 e. The van der Waals surface area contributed by atoms with Crippen molar-refractivity contribution < 1.29 is 4.74 Å². The standard InChI is InChI=1S/C13H28N2O/c1-5-6-12(2)14-7-8-15-9-10-16-13(3,4)11-15/h12,14H,5-11H2,1-4H3. The van der Waals surface area contributed by atoms with Crippen LogP contribution in [0.2, 0.25) is 0 Å². The molecular formula is C13H28N2O. The molecule has 1 heterocycles. The molecule has 0 aromatic rings. The second-order valence-electron chi connectivity index (χ2n) is 5.53. The van der Waals surface area contributed by atoms with E-state index in [0.717, 1.165) is 32.8 Å². The average Bonchev–Trinajstić information content (AvgIpc) is 2.16. The van der Waals surface area contributed by atoms with Crippen LogP contribution in [-0.4, -0.2) is 49.3 Å². The highest BCUT2D eigenvalue weighted by Gasteiger charge is 2.26. The van der Waals surface area contributed by atoms with E-state index in [1.165, 1.54) is 12.8 Å². The van der Waals surface area contributed by atoms with E-state index in [2.05, 4.69) is 37.9 Å². The van der Waals surface area contributed by atoms with Gasteiger partial charge in [-0.3, -0.25) is 4.90 Å². The van der Waals surface area contributed by atoms with Gasteiger partial charge in [-0.1, -0.05) is 13.3 Å². The van der Waals surface area contributed by atoms with Gasteiger partial charge in [0.05, 0.1) is 12.2 Å². The van der Waals surface area contributed by atoms with Gasteiger partial charge in [0.15, 0.2) is 0 Å². The van der Waals surface area contributed by atoms with Gasteiger partial charge in [0.25, 0.3) is 0 Å². The summed E-state index contributed by atoms with van der Waals surface area (Å²) in [6.07, 6.45) is 2.54. The molecule has 0 aromatic carbocycles. The lowest BCUT2D eigenvalue weighted by Gasteiger charge is -2.38. The quantitative estimate of drug-likeness (QED) is 0.751. The highest BCUT2D eigenvalue weighted by atomic mass is 16.5. The van der Waals surface area contributed by atoms with Gasteiger partial charge < -0.3 is 10.1 Å². The maximum Gasteiger partial charge on any atom is 0.0753 e. The van der Waals surface area contributed by atoms with Crippen molar-refractivity contribution in [2.75, 3.05) is 32.8 Å². The van der Waals surface area contributed by atoms with Crippen molar-refractivity contribution in [2.45, 2.75) is 52.2 Å². The van der Waals surface area contributed by atoms with E-state index >= 15 is 0 Å². The molecule has 1 atom stereocenters. The Morgan fingerprint density at radius 1 is 1.44 bits per heavy atom. The number of nitrogens with one attached hydrogen (secondary N) is 1. The molecule has 1 rings (SSSR count). The lowest BCUT2D eigenvalue weighted by Crippen LogP contribution is -2.50. The van der Waals surface area contributed by atoms with Gasteiger partial charge in [-0.25, -0.2) is 0 Å². The predicted molar refractivity (Wildman–Crippen MR) is 68.8 cm³/mol. The Morgan fingerprint density at radius 2 is 2.19 bits per heavy atom. The van der Waals surface area contributed by atoms with Gasteiger partial charge in [0.2, 0.25) is 0 Å². The van der Waals surface area contributed by atoms with Crippen molar-refractivity contribution in [3.05, 3.63) is 0 Å². The summed E-state index contributed by atoms with van der Waals surface area (Å²) in [5.41, 5.74) is 0.0350. The number of hydrogen-bond donors (Lipinski definition) is 1. The maximum absolute atomic E-state index is 5.70. The third-order valence-corrected chi connectivity index (χ3v) is 3.15. The van der Waals surface area contributed by atoms with E-state index in [-0.39, 0.29) is 5.60 Å². The lowest BCUT2D eigenvalue weighted by molar-refractivity contribution is -0.0855. The Balaban J connectivity index is 2.13. The van der Waals surface area contributed by atoms with Crippen LogP contribution in [0.4, 0.5) is 0 Å². The van der Waals surface area contributed by atoms with E-state index in [9.17, 15) is 0 Å². The highest BCUT2D eigenvalue weighted by Crippen LogP contribution is 2.15.